The van der Waals surface area contributed by atoms with E-state index >= 15 is 0 Å². The molecule has 6 nitrogen and oxygen atoms in total. The Hall–Kier alpha value is -2.11. The van der Waals surface area contributed by atoms with Gasteiger partial charge in [0.05, 0.1) is 7.11 Å². The first-order valence-corrected chi connectivity index (χ1v) is 3.85. The summed E-state index contributed by atoms with van der Waals surface area (Å²) >= 11 is 0. The third-order valence-corrected chi connectivity index (χ3v) is 1.75. The highest BCUT2D eigenvalue weighted by atomic mass is 16.5. The summed E-state index contributed by atoms with van der Waals surface area (Å²) in [5.74, 6) is -1.000. The number of imidazole rings is 1. The average Bonchev–Trinajstić information content (AvgIpc) is 2.56. The maximum Gasteiger partial charge on any atom is 0.360 e. The highest BCUT2D eigenvalue weighted by molar-refractivity contribution is 5.89. The van der Waals surface area contributed by atoms with Crippen molar-refractivity contribution in [2.45, 2.75) is 0 Å². The van der Waals surface area contributed by atoms with Gasteiger partial charge in [-0.15, -0.1) is 0 Å². The molecule has 14 heavy (non-hydrogen) atoms. The van der Waals surface area contributed by atoms with E-state index in [-0.39, 0.29) is 11.6 Å². The number of aromatic carboxylic acids is 1. The summed E-state index contributed by atoms with van der Waals surface area (Å²) in [6.07, 6.45) is 1.53. The fourth-order valence-corrected chi connectivity index (χ4v) is 1.19. The molecule has 2 heterocycles. The molecule has 0 spiro atoms. The minimum Gasteiger partial charge on any atom is -0.479 e. The van der Waals surface area contributed by atoms with Crippen LogP contribution < -0.4 is 4.74 Å². The lowest BCUT2D eigenvalue weighted by atomic mass is 10.5. The van der Waals surface area contributed by atoms with Crippen LogP contribution in [0.25, 0.3) is 5.65 Å². The van der Waals surface area contributed by atoms with E-state index in [9.17, 15) is 4.79 Å². The van der Waals surface area contributed by atoms with E-state index in [4.69, 9.17) is 9.84 Å². The number of ether oxygens (including phenoxy) is 1. The van der Waals surface area contributed by atoms with E-state index < -0.39 is 5.97 Å². The normalized spacial score (nSPS) is 10.4. The van der Waals surface area contributed by atoms with Crippen LogP contribution in [-0.2, 0) is 0 Å². The summed E-state index contributed by atoms with van der Waals surface area (Å²) in [5, 5.41) is 12.7. The lowest BCUT2D eigenvalue weighted by molar-refractivity contribution is 0.0687. The minimum atomic E-state index is -1.13. The number of aromatic nitrogens is 3. The van der Waals surface area contributed by atoms with Gasteiger partial charge in [0.25, 0.3) is 5.88 Å². The summed E-state index contributed by atoms with van der Waals surface area (Å²) in [5.41, 5.74) is 0.313. The molecule has 0 saturated carbocycles. The summed E-state index contributed by atoms with van der Waals surface area (Å²) in [4.78, 5) is 14.6. The molecular weight excluding hydrogens is 186 g/mol. The third-order valence-electron chi connectivity index (χ3n) is 1.75. The van der Waals surface area contributed by atoms with Crippen LogP contribution >= 0.6 is 0 Å². The third kappa shape index (κ3) is 1.08. The standard InChI is InChI=1S/C8H7N3O3/c1-14-7-6(8(12)13)10-5-3-2-4-9-11(5)7/h2-4H,1H3,(H,12,13). The molecule has 2 aromatic heterocycles. The molecule has 0 fully saturated rings. The highest BCUT2D eigenvalue weighted by Crippen LogP contribution is 2.18. The molecule has 6 heteroatoms. The van der Waals surface area contributed by atoms with Gasteiger partial charge in [-0.3, -0.25) is 0 Å². The molecule has 0 aliphatic carbocycles. The number of carboxylic acids is 1. The minimum absolute atomic E-state index is 0.133. The van der Waals surface area contributed by atoms with Crippen molar-refractivity contribution < 1.29 is 14.6 Å². The van der Waals surface area contributed by atoms with E-state index in [1.54, 1.807) is 12.1 Å². The second kappa shape index (κ2) is 2.99. The second-order valence-corrected chi connectivity index (χ2v) is 2.57. The van der Waals surface area contributed by atoms with Crippen molar-refractivity contribution in [1.82, 2.24) is 14.6 Å². The first-order chi connectivity index (χ1) is 6.74. The Labute approximate surface area is 78.8 Å². The van der Waals surface area contributed by atoms with Crippen molar-refractivity contribution in [3.05, 3.63) is 24.0 Å². The number of carboxylic acid groups (broad SMARTS) is 1. The van der Waals surface area contributed by atoms with E-state index in [1.807, 2.05) is 0 Å². The zero-order chi connectivity index (χ0) is 10.1. The van der Waals surface area contributed by atoms with Crippen LogP contribution in [-0.4, -0.2) is 32.8 Å². The first kappa shape index (κ1) is 8.49. The number of methoxy groups -OCH3 is 1. The van der Waals surface area contributed by atoms with E-state index in [1.165, 1.54) is 17.8 Å². The molecule has 0 amide bonds. The summed E-state index contributed by atoms with van der Waals surface area (Å²) in [7, 11) is 1.38. The van der Waals surface area contributed by atoms with Crippen LogP contribution in [0.2, 0.25) is 0 Å². The number of carbonyl (C=O) groups is 1. The smallest absolute Gasteiger partial charge is 0.360 e. The Morgan fingerprint density at radius 3 is 3.07 bits per heavy atom. The van der Waals surface area contributed by atoms with Gasteiger partial charge in [-0.2, -0.15) is 9.61 Å². The van der Waals surface area contributed by atoms with Crippen LogP contribution in [0.1, 0.15) is 10.5 Å². The van der Waals surface area contributed by atoms with Gasteiger partial charge in [-0.25, -0.2) is 9.78 Å². The fraction of sp³-hybridized carbons (Fsp3) is 0.125. The highest BCUT2D eigenvalue weighted by Gasteiger charge is 2.19. The van der Waals surface area contributed by atoms with Gasteiger partial charge < -0.3 is 9.84 Å². The predicted molar refractivity (Wildman–Crippen MR) is 46.5 cm³/mol. The lowest BCUT2D eigenvalue weighted by Gasteiger charge is -1.97. The van der Waals surface area contributed by atoms with Crippen molar-refractivity contribution in [2.75, 3.05) is 7.11 Å². The number of hydrogen-bond donors (Lipinski definition) is 1. The summed E-state index contributed by atoms with van der Waals surface area (Å²) < 4.78 is 6.25. The van der Waals surface area contributed by atoms with Gasteiger partial charge >= 0.3 is 5.97 Å². The number of rotatable bonds is 2. The Bertz CT molecular complexity index is 492. The first-order valence-electron chi connectivity index (χ1n) is 3.85. The Balaban J connectivity index is 2.78. The molecule has 0 atom stereocenters. The monoisotopic (exact) mass is 193 g/mol. The van der Waals surface area contributed by atoms with Crippen molar-refractivity contribution in [3.63, 3.8) is 0 Å². The van der Waals surface area contributed by atoms with Crippen molar-refractivity contribution >= 4 is 11.6 Å². The van der Waals surface area contributed by atoms with Crippen LogP contribution in [0.3, 0.4) is 0 Å². The molecule has 0 unspecified atom stereocenters. The number of hydrogen-bond acceptors (Lipinski definition) is 4. The number of nitrogens with zero attached hydrogens (tertiary/aromatic N) is 3. The molecule has 1 N–H and O–H groups in total. The van der Waals surface area contributed by atoms with Crippen LogP contribution in [0.15, 0.2) is 18.3 Å². The lowest BCUT2D eigenvalue weighted by Crippen LogP contribution is -2.01. The zero-order valence-corrected chi connectivity index (χ0v) is 7.34. The topological polar surface area (TPSA) is 76.7 Å². The molecule has 0 aromatic carbocycles. The van der Waals surface area contributed by atoms with Gasteiger partial charge in [0.2, 0.25) is 5.69 Å². The predicted octanol–water partition coefficient (Wildman–Crippen LogP) is 0.436. The van der Waals surface area contributed by atoms with E-state index in [2.05, 4.69) is 10.1 Å². The Kier molecular flexibility index (Phi) is 1.81. The Morgan fingerprint density at radius 1 is 1.64 bits per heavy atom. The molecule has 0 aliphatic rings. The molecule has 2 rings (SSSR count). The quantitative estimate of drug-likeness (QED) is 0.748. The van der Waals surface area contributed by atoms with Gasteiger partial charge in [-0.05, 0) is 12.1 Å². The fourth-order valence-electron chi connectivity index (χ4n) is 1.19. The van der Waals surface area contributed by atoms with E-state index in [0.717, 1.165) is 0 Å². The molecule has 0 saturated heterocycles. The zero-order valence-electron chi connectivity index (χ0n) is 7.34. The van der Waals surface area contributed by atoms with Crippen LogP contribution in [0, 0.1) is 0 Å². The summed E-state index contributed by atoms with van der Waals surface area (Å²) in [6, 6.07) is 3.33. The maximum absolute atomic E-state index is 10.8. The van der Waals surface area contributed by atoms with Gasteiger partial charge in [-0.1, -0.05) is 0 Å². The van der Waals surface area contributed by atoms with Crippen LogP contribution in [0.5, 0.6) is 5.88 Å². The van der Waals surface area contributed by atoms with Gasteiger partial charge in [0.1, 0.15) is 0 Å². The average molecular weight is 193 g/mol. The summed E-state index contributed by atoms with van der Waals surface area (Å²) in [6.45, 7) is 0. The van der Waals surface area contributed by atoms with Crippen molar-refractivity contribution in [1.29, 1.82) is 0 Å². The second-order valence-electron chi connectivity index (χ2n) is 2.57. The Morgan fingerprint density at radius 2 is 2.43 bits per heavy atom. The molecule has 0 bridgehead atoms. The van der Waals surface area contributed by atoms with Gasteiger partial charge in [0, 0.05) is 6.20 Å². The maximum atomic E-state index is 10.8. The molecule has 0 aliphatic heterocycles. The molecular formula is C8H7N3O3. The van der Waals surface area contributed by atoms with Crippen LogP contribution in [0.4, 0.5) is 0 Å². The SMILES string of the molecule is COc1c(C(=O)O)nc2cccnn12. The largest absolute Gasteiger partial charge is 0.479 e. The van der Waals surface area contributed by atoms with E-state index in [0.29, 0.717) is 5.65 Å². The van der Waals surface area contributed by atoms with Gasteiger partial charge in [0.15, 0.2) is 5.65 Å². The molecule has 2 aromatic rings. The number of fused-ring (bicyclic) bond motifs is 1. The molecule has 72 valence electrons. The van der Waals surface area contributed by atoms with Crippen molar-refractivity contribution in [2.24, 2.45) is 0 Å². The van der Waals surface area contributed by atoms with Crippen molar-refractivity contribution in [3.8, 4) is 5.88 Å². The molecule has 0 radical (unpaired) electrons.